The Labute approximate surface area is 152 Å². The van der Waals surface area contributed by atoms with E-state index >= 15 is 0 Å². The first-order chi connectivity index (χ1) is 12.5. The van der Waals surface area contributed by atoms with E-state index in [0.29, 0.717) is 28.6 Å². The lowest BCUT2D eigenvalue weighted by atomic mass is 10.1. The monoisotopic (exact) mass is 354 g/mol. The van der Waals surface area contributed by atoms with E-state index < -0.39 is 0 Å². The molecule has 0 amide bonds. The Morgan fingerprint density at radius 3 is 2.35 bits per heavy atom. The smallest absolute Gasteiger partial charge is 0.319 e. The molecule has 0 saturated carbocycles. The van der Waals surface area contributed by atoms with Gasteiger partial charge < -0.3 is 19.2 Å². The molecule has 0 saturated heterocycles. The van der Waals surface area contributed by atoms with Gasteiger partial charge in [-0.25, -0.2) is 4.99 Å². The molecule has 0 radical (unpaired) electrons. The predicted molar refractivity (Wildman–Crippen MR) is 99.7 cm³/mol. The van der Waals surface area contributed by atoms with Gasteiger partial charge in [0.05, 0.1) is 38.3 Å². The Balaban J connectivity index is 2.10. The largest absolute Gasteiger partial charge is 0.494 e. The maximum absolute atomic E-state index is 5.51. The van der Waals surface area contributed by atoms with Crippen molar-refractivity contribution in [2.75, 3.05) is 21.3 Å². The van der Waals surface area contributed by atoms with Crippen LogP contribution in [0.1, 0.15) is 28.2 Å². The molecule has 0 fully saturated rings. The summed E-state index contributed by atoms with van der Waals surface area (Å²) in [7, 11) is 4.70. The Bertz CT molecular complexity index is 939. The Morgan fingerprint density at radius 2 is 1.77 bits per heavy atom. The quantitative estimate of drug-likeness (QED) is 0.892. The number of aromatic amines is 1. The molecule has 0 atom stereocenters. The van der Waals surface area contributed by atoms with Crippen LogP contribution in [0.2, 0.25) is 0 Å². The number of hydrogen-bond donors (Lipinski definition) is 1. The van der Waals surface area contributed by atoms with Crippen LogP contribution in [0.5, 0.6) is 11.9 Å². The fraction of sp³-hybridized carbons (Fsp3) is 0.316. The topological polar surface area (TPSA) is 81.6 Å². The van der Waals surface area contributed by atoms with Crippen molar-refractivity contribution in [2.45, 2.75) is 20.8 Å². The van der Waals surface area contributed by atoms with Gasteiger partial charge in [-0.2, -0.15) is 9.97 Å². The third-order valence-corrected chi connectivity index (χ3v) is 4.12. The summed E-state index contributed by atoms with van der Waals surface area (Å²) in [5.74, 6) is 1.08. The van der Waals surface area contributed by atoms with Crippen LogP contribution in [0.3, 0.4) is 0 Å². The molecule has 2 aromatic rings. The highest BCUT2D eigenvalue weighted by Gasteiger charge is 2.23. The summed E-state index contributed by atoms with van der Waals surface area (Å²) in [6, 6.07) is 2.35. The molecule has 136 valence electrons. The summed E-state index contributed by atoms with van der Waals surface area (Å²) in [6.45, 7) is 5.94. The van der Waals surface area contributed by atoms with Gasteiger partial charge in [-0.1, -0.05) is 0 Å². The lowest BCUT2D eigenvalue weighted by molar-refractivity contribution is 0.303. The van der Waals surface area contributed by atoms with Crippen molar-refractivity contribution in [3.8, 4) is 11.9 Å². The number of aromatic nitrogens is 3. The Morgan fingerprint density at radius 1 is 1.00 bits per heavy atom. The molecule has 0 aliphatic carbocycles. The van der Waals surface area contributed by atoms with Gasteiger partial charge in [-0.05, 0) is 38.5 Å². The van der Waals surface area contributed by atoms with E-state index in [1.807, 2.05) is 26.0 Å². The van der Waals surface area contributed by atoms with E-state index in [4.69, 9.17) is 19.2 Å². The van der Waals surface area contributed by atoms with Crippen molar-refractivity contribution in [3.63, 3.8) is 0 Å². The van der Waals surface area contributed by atoms with Gasteiger partial charge in [-0.15, -0.1) is 0 Å². The lowest BCUT2D eigenvalue weighted by Crippen LogP contribution is -2.08. The summed E-state index contributed by atoms with van der Waals surface area (Å²) < 4.78 is 16.0. The van der Waals surface area contributed by atoms with E-state index in [2.05, 4.69) is 27.9 Å². The third-order valence-electron chi connectivity index (χ3n) is 4.12. The summed E-state index contributed by atoms with van der Waals surface area (Å²) in [5, 5.41) is 0. The molecule has 7 nitrogen and oxygen atoms in total. The molecule has 3 heterocycles. The van der Waals surface area contributed by atoms with Gasteiger partial charge >= 0.3 is 6.01 Å². The van der Waals surface area contributed by atoms with Gasteiger partial charge in [0, 0.05) is 17.5 Å². The SMILES string of the molecule is COC1=CC(c2c(C)nc(OC)nc2OC)=NC1=Cc1[nH]c(C)cc1C. The highest BCUT2D eigenvalue weighted by Crippen LogP contribution is 2.30. The number of aliphatic imine (C=N–C) groups is 1. The molecule has 0 unspecified atom stereocenters. The molecular formula is C19H22N4O3. The number of H-pyrrole nitrogens is 1. The van der Waals surface area contributed by atoms with Gasteiger partial charge in [-0.3, -0.25) is 0 Å². The molecule has 1 N–H and O–H groups in total. The Kier molecular flexibility index (Phi) is 4.79. The number of nitrogens with zero attached hydrogens (tertiary/aromatic N) is 3. The number of methoxy groups -OCH3 is 3. The molecule has 1 aliphatic rings. The number of ether oxygens (including phenoxy) is 3. The average Bonchev–Trinajstić information content (AvgIpc) is 3.16. The molecule has 3 rings (SSSR count). The van der Waals surface area contributed by atoms with E-state index in [1.54, 1.807) is 14.2 Å². The molecule has 2 aromatic heterocycles. The maximum atomic E-state index is 5.51. The zero-order chi connectivity index (χ0) is 18.8. The molecule has 1 aliphatic heterocycles. The van der Waals surface area contributed by atoms with E-state index in [1.165, 1.54) is 7.11 Å². The van der Waals surface area contributed by atoms with Crippen molar-refractivity contribution in [3.05, 3.63) is 51.8 Å². The third kappa shape index (κ3) is 3.20. The number of rotatable bonds is 5. The number of nitrogens with one attached hydrogen (secondary N) is 1. The van der Waals surface area contributed by atoms with E-state index in [0.717, 1.165) is 22.6 Å². The minimum absolute atomic E-state index is 0.255. The molecule has 7 heteroatoms. The van der Waals surface area contributed by atoms with E-state index in [9.17, 15) is 0 Å². The number of hydrogen-bond acceptors (Lipinski definition) is 6. The second-order valence-electron chi connectivity index (χ2n) is 5.97. The highest BCUT2D eigenvalue weighted by molar-refractivity contribution is 6.14. The van der Waals surface area contributed by atoms with Gasteiger partial charge in [0.1, 0.15) is 11.5 Å². The summed E-state index contributed by atoms with van der Waals surface area (Å²) >= 11 is 0. The number of allylic oxidation sites excluding steroid dienone is 1. The van der Waals surface area contributed by atoms with Crippen LogP contribution in [0, 0.1) is 20.8 Å². The fourth-order valence-electron chi connectivity index (χ4n) is 2.90. The van der Waals surface area contributed by atoms with Crippen molar-refractivity contribution in [2.24, 2.45) is 4.99 Å². The zero-order valence-electron chi connectivity index (χ0n) is 15.8. The average molecular weight is 354 g/mol. The first-order valence-electron chi connectivity index (χ1n) is 8.16. The van der Waals surface area contributed by atoms with Gasteiger partial charge in [0.2, 0.25) is 5.88 Å². The van der Waals surface area contributed by atoms with Crippen LogP contribution in [-0.2, 0) is 4.74 Å². The van der Waals surface area contributed by atoms with Crippen molar-refractivity contribution >= 4 is 11.8 Å². The van der Waals surface area contributed by atoms with Crippen LogP contribution in [0.15, 0.2) is 28.6 Å². The first kappa shape index (κ1) is 17.7. The lowest BCUT2D eigenvalue weighted by Gasteiger charge is -2.10. The minimum atomic E-state index is 0.255. The van der Waals surface area contributed by atoms with Crippen LogP contribution < -0.4 is 9.47 Å². The summed E-state index contributed by atoms with van der Waals surface area (Å²) in [4.78, 5) is 16.6. The molecular weight excluding hydrogens is 332 g/mol. The summed E-state index contributed by atoms with van der Waals surface area (Å²) in [5.41, 5.74) is 6.09. The molecule has 0 spiro atoms. The van der Waals surface area contributed by atoms with Gasteiger partial charge in [0.15, 0.2) is 0 Å². The second kappa shape index (κ2) is 7.03. The molecule has 0 bridgehead atoms. The molecule has 0 aromatic carbocycles. The Hall–Kier alpha value is -3.09. The fourth-order valence-corrected chi connectivity index (χ4v) is 2.90. The van der Waals surface area contributed by atoms with Crippen LogP contribution >= 0.6 is 0 Å². The van der Waals surface area contributed by atoms with Crippen LogP contribution in [0.25, 0.3) is 6.08 Å². The van der Waals surface area contributed by atoms with Gasteiger partial charge in [0.25, 0.3) is 0 Å². The number of aryl methyl sites for hydroxylation is 3. The highest BCUT2D eigenvalue weighted by atomic mass is 16.5. The van der Waals surface area contributed by atoms with Crippen molar-refractivity contribution in [1.29, 1.82) is 0 Å². The standard InChI is InChI=1S/C19H22N4O3/c1-10-7-11(2)20-13(10)8-14-16(24-4)9-15(22-14)17-12(3)21-19(26-6)23-18(17)25-5/h7-9,20H,1-6H3. The maximum Gasteiger partial charge on any atom is 0.319 e. The summed E-state index contributed by atoms with van der Waals surface area (Å²) in [6.07, 6.45) is 3.83. The predicted octanol–water partition coefficient (Wildman–Crippen LogP) is 3.12. The second-order valence-corrected chi connectivity index (χ2v) is 5.97. The first-order valence-corrected chi connectivity index (χ1v) is 8.16. The normalized spacial score (nSPS) is 15.1. The zero-order valence-corrected chi connectivity index (χ0v) is 15.8. The molecule has 26 heavy (non-hydrogen) atoms. The minimum Gasteiger partial charge on any atom is -0.494 e. The van der Waals surface area contributed by atoms with Crippen LogP contribution in [0.4, 0.5) is 0 Å². The van der Waals surface area contributed by atoms with Crippen molar-refractivity contribution in [1.82, 2.24) is 15.0 Å². The van der Waals surface area contributed by atoms with E-state index in [-0.39, 0.29) is 6.01 Å². The van der Waals surface area contributed by atoms with Crippen LogP contribution in [-0.4, -0.2) is 42.0 Å². The van der Waals surface area contributed by atoms with Crippen molar-refractivity contribution < 1.29 is 14.2 Å².